The highest BCUT2D eigenvalue weighted by molar-refractivity contribution is 7.43. The van der Waals surface area contributed by atoms with Gasteiger partial charge in [-0.05, 0) is 30.4 Å². The second-order valence-electron chi connectivity index (χ2n) is 6.05. The van der Waals surface area contributed by atoms with Crippen molar-refractivity contribution < 1.29 is 4.79 Å². The van der Waals surface area contributed by atoms with E-state index in [0.717, 1.165) is 25.0 Å². The summed E-state index contributed by atoms with van der Waals surface area (Å²) in [6.07, 6.45) is 9.26. The molecule has 3 N–H and O–H groups in total. The fraction of sp³-hybridized carbons (Fsp3) is 0.278. The highest BCUT2D eigenvalue weighted by atomic mass is 31.1. The third kappa shape index (κ3) is 2.91. The van der Waals surface area contributed by atoms with Crippen LogP contribution in [0.25, 0.3) is 0 Å². The molecule has 0 radical (unpaired) electrons. The summed E-state index contributed by atoms with van der Waals surface area (Å²) in [5, 5.41) is 9.46. The van der Waals surface area contributed by atoms with Crippen LogP contribution in [-0.4, -0.2) is 11.8 Å². The first kappa shape index (κ1) is 14.5. The van der Waals surface area contributed by atoms with E-state index >= 15 is 0 Å². The van der Waals surface area contributed by atoms with Crippen molar-refractivity contribution in [3.63, 3.8) is 0 Å². The number of hydrogen-bond acceptors (Lipinski definition) is 2. The van der Waals surface area contributed by atoms with Crippen LogP contribution >= 0.6 is 8.58 Å². The Morgan fingerprint density at radius 1 is 1.30 bits per heavy atom. The number of benzene rings is 1. The molecule has 1 aromatic rings. The molecule has 0 fully saturated rings. The zero-order valence-corrected chi connectivity index (χ0v) is 13.8. The molecule has 0 saturated carbocycles. The minimum absolute atomic E-state index is 0.104. The highest BCUT2D eigenvalue weighted by Crippen LogP contribution is 2.35. The monoisotopic (exact) mass is 325 g/mol. The van der Waals surface area contributed by atoms with Gasteiger partial charge >= 0.3 is 6.03 Å². The summed E-state index contributed by atoms with van der Waals surface area (Å²) in [6, 6.07) is 8.38. The molecule has 2 amide bonds. The molecule has 1 aliphatic carbocycles. The average molecular weight is 325 g/mol. The summed E-state index contributed by atoms with van der Waals surface area (Å²) in [7, 11) is 0.715. The van der Waals surface area contributed by atoms with Gasteiger partial charge in [-0.1, -0.05) is 50.8 Å². The van der Waals surface area contributed by atoms with Crippen LogP contribution in [-0.2, 0) is 6.42 Å². The number of amides is 2. The van der Waals surface area contributed by atoms with E-state index in [1.165, 1.54) is 16.7 Å². The van der Waals surface area contributed by atoms with E-state index in [0.29, 0.717) is 14.4 Å². The summed E-state index contributed by atoms with van der Waals surface area (Å²) in [5.74, 6) is 2.49. The summed E-state index contributed by atoms with van der Waals surface area (Å²) < 4.78 is 0. The maximum absolute atomic E-state index is 12.4. The predicted octanol–water partition coefficient (Wildman–Crippen LogP) is 3.27. The van der Waals surface area contributed by atoms with Gasteiger partial charge in [-0.25, -0.2) is 4.79 Å². The van der Waals surface area contributed by atoms with E-state index in [9.17, 15) is 4.79 Å². The van der Waals surface area contributed by atoms with Crippen molar-refractivity contribution in [3.8, 4) is 0 Å². The molecule has 2 aliphatic heterocycles. The number of allylic oxidation sites excluding steroid dienone is 2. The van der Waals surface area contributed by atoms with Crippen molar-refractivity contribution >= 4 is 14.6 Å². The molecule has 3 aliphatic rings. The molecule has 4 nitrogen and oxygen atoms in total. The van der Waals surface area contributed by atoms with E-state index in [1.807, 2.05) is 12.3 Å². The molecule has 1 aromatic carbocycles. The Hall–Kier alpha value is -2.06. The predicted molar refractivity (Wildman–Crippen MR) is 94.3 cm³/mol. The molecule has 5 heteroatoms. The minimum atomic E-state index is -0.126. The van der Waals surface area contributed by atoms with Gasteiger partial charge in [0.15, 0.2) is 0 Å². The van der Waals surface area contributed by atoms with Gasteiger partial charge in [0.25, 0.3) is 0 Å². The van der Waals surface area contributed by atoms with Crippen LogP contribution < -0.4 is 16.0 Å². The maximum atomic E-state index is 12.4. The third-order valence-corrected chi connectivity index (χ3v) is 5.77. The van der Waals surface area contributed by atoms with Gasteiger partial charge in [-0.2, -0.15) is 0 Å². The smallest absolute Gasteiger partial charge is 0.319 e. The molecular weight excluding hydrogens is 305 g/mol. The Bertz CT molecular complexity index is 723. The van der Waals surface area contributed by atoms with Gasteiger partial charge in [-0.3, -0.25) is 0 Å². The number of urea groups is 1. The van der Waals surface area contributed by atoms with Crippen molar-refractivity contribution in [2.45, 2.75) is 31.1 Å². The van der Waals surface area contributed by atoms with Crippen molar-refractivity contribution in [3.05, 3.63) is 70.8 Å². The molecule has 118 valence electrons. The van der Waals surface area contributed by atoms with E-state index in [4.69, 9.17) is 0 Å². The zero-order valence-electron chi connectivity index (χ0n) is 12.8. The van der Waals surface area contributed by atoms with Crippen molar-refractivity contribution in [2.75, 3.05) is 0 Å². The first-order valence-electron chi connectivity index (χ1n) is 8.06. The first-order chi connectivity index (χ1) is 11.3. The molecule has 0 bridgehead atoms. The average Bonchev–Trinajstić information content (AvgIpc) is 2.98. The van der Waals surface area contributed by atoms with Crippen LogP contribution in [0, 0.1) is 0 Å². The lowest BCUT2D eigenvalue weighted by Crippen LogP contribution is -2.39. The Balaban J connectivity index is 1.44. The van der Waals surface area contributed by atoms with Crippen LogP contribution in [0.4, 0.5) is 4.79 Å². The summed E-state index contributed by atoms with van der Waals surface area (Å²) in [5.41, 5.74) is 4.66. The molecule has 3 unspecified atom stereocenters. The standard InChI is InChI=1S/C18H20N3OP/c22-18(21-16-11-19-17-14(16)8-4-10-23-17)20-15-9-3-6-12-5-1-2-7-13(12)15/h1-2,4-5,7-8,10-11,15,17,19,23H,3,6,9H2,(H2,20,21,22). The van der Waals surface area contributed by atoms with Gasteiger partial charge in [0.1, 0.15) is 0 Å². The molecule has 0 spiro atoms. The number of aryl methyl sites for hydroxylation is 1. The molecule has 2 heterocycles. The topological polar surface area (TPSA) is 53.2 Å². The molecule has 4 rings (SSSR count). The van der Waals surface area contributed by atoms with Gasteiger partial charge in [0.05, 0.1) is 17.5 Å². The van der Waals surface area contributed by atoms with Crippen LogP contribution in [0.2, 0.25) is 0 Å². The van der Waals surface area contributed by atoms with Crippen molar-refractivity contribution in [1.82, 2.24) is 16.0 Å². The van der Waals surface area contributed by atoms with E-state index in [1.54, 1.807) is 0 Å². The number of hydrogen-bond donors (Lipinski definition) is 3. The lowest BCUT2D eigenvalue weighted by molar-refractivity contribution is 0.238. The fourth-order valence-electron chi connectivity index (χ4n) is 3.45. The summed E-state index contributed by atoms with van der Waals surface area (Å²) >= 11 is 0. The fourth-order valence-corrected chi connectivity index (χ4v) is 4.46. The number of rotatable bonds is 2. The van der Waals surface area contributed by atoms with Gasteiger partial charge in [0.2, 0.25) is 0 Å². The van der Waals surface area contributed by atoms with Crippen molar-refractivity contribution in [2.24, 2.45) is 0 Å². The summed E-state index contributed by atoms with van der Waals surface area (Å²) in [6.45, 7) is 0. The molecule has 0 saturated heterocycles. The Labute approximate surface area is 137 Å². The van der Waals surface area contributed by atoms with E-state index in [2.05, 4.69) is 52.1 Å². The molecule has 23 heavy (non-hydrogen) atoms. The van der Waals surface area contributed by atoms with Crippen LogP contribution in [0.15, 0.2) is 59.7 Å². The van der Waals surface area contributed by atoms with Gasteiger partial charge < -0.3 is 16.0 Å². The lowest BCUT2D eigenvalue weighted by atomic mass is 9.88. The Morgan fingerprint density at radius 3 is 3.17 bits per heavy atom. The van der Waals surface area contributed by atoms with Crippen LogP contribution in [0.3, 0.4) is 0 Å². The largest absolute Gasteiger partial charge is 0.378 e. The second kappa shape index (κ2) is 6.21. The second-order valence-corrected chi connectivity index (χ2v) is 7.29. The maximum Gasteiger partial charge on any atom is 0.319 e. The normalized spacial score (nSPS) is 25.7. The Kier molecular flexibility index (Phi) is 3.92. The number of nitrogens with one attached hydrogen (secondary N) is 3. The third-order valence-electron chi connectivity index (χ3n) is 4.57. The number of carbonyl (C=O) groups excluding carboxylic acids is 1. The van der Waals surface area contributed by atoms with E-state index < -0.39 is 0 Å². The van der Waals surface area contributed by atoms with Crippen LogP contribution in [0.1, 0.15) is 30.0 Å². The zero-order chi connectivity index (χ0) is 15.6. The number of carbonyl (C=O) groups is 1. The minimum Gasteiger partial charge on any atom is -0.378 e. The first-order valence-corrected chi connectivity index (χ1v) is 9.21. The number of fused-ring (bicyclic) bond motifs is 2. The van der Waals surface area contributed by atoms with Crippen LogP contribution in [0.5, 0.6) is 0 Å². The summed E-state index contributed by atoms with van der Waals surface area (Å²) in [4.78, 5) is 12.4. The molecule has 0 aromatic heterocycles. The van der Waals surface area contributed by atoms with E-state index in [-0.39, 0.29) is 12.1 Å². The quantitative estimate of drug-likeness (QED) is 0.731. The van der Waals surface area contributed by atoms with Crippen molar-refractivity contribution in [1.29, 1.82) is 0 Å². The SMILES string of the molecule is O=C(NC1=CNC2PC=CC=C12)NC1CCCc2ccccc21. The Morgan fingerprint density at radius 2 is 2.22 bits per heavy atom. The lowest BCUT2D eigenvalue weighted by Gasteiger charge is -2.26. The van der Waals surface area contributed by atoms with Gasteiger partial charge in [0, 0.05) is 11.8 Å². The highest BCUT2D eigenvalue weighted by Gasteiger charge is 2.26. The van der Waals surface area contributed by atoms with Gasteiger partial charge in [-0.15, -0.1) is 0 Å². The molecule has 3 atom stereocenters. The molecular formula is C18H20N3OP.